The van der Waals surface area contributed by atoms with Gasteiger partial charge in [-0.3, -0.25) is 0 Å². The van der Waals surface area contributed by atoms with Crippen LogP contribution in [-0.4, -0.2) is 21.0 Å². The van der Waals surface area contributed by atoms with E-state index in [1.54, 1.807) is 0 Å². The van der Waals surface area contributed by atoms with Crippen LogP contribution < -0.4 is 10.0 Å². The molecule has 1 rings (SSSR count). The number of rotatable bonds is 9. The van der Waals surface area contributed by atoms with Gasteiger partial charge in [0.15, 0.2) is 0 Å². The maximum absolute atomic E-state index is 11.9. The largest absolute Gasteiger partial charge is 0.310 e. The highest BCUT2D eigenvalue weighted by Gasteiger charge is 2.10. The van der Waals surface area contributed by atoms with E-state index in [0.29, 0.717) is 12.6 Å². The van der Waals surface area contributed by atoms with Crippen molar-refractivity contribution in [3.05, 3.63) is 35.4 Å². The molecular weight excluding hydrogens is 272 g/mol. The Labute approximate surface area is 123 Å². The zero-order valence-electron chi connectivity index (χ0n) is 12.6. The molecule has 20 heavy (non-hydrogen) atoms. The summed E-state index contributed by atoms with van der Waals surface area (Å²) in [6.45, 7) is 7.50. The summed E-state index contributed by atoms with van der Waals surface area (Å²) < 4.78 is 26.5. The topological polar surface area (TPSA) is 58.2 Å². The summed E-state index contributed by atoms with van der Waals surface area (Å²) in [7, 11) is -3.23. The first-order valence-corrected chi connectivity index (χ1v) is 8.86. The molecular formula is C15H26N2O2S. The van der Waals surface area contributed by atoms with Crippen molar-refractivity contribution in [3.8, 4) is 0 Å². The molecule has 0 saturated heterocycles. The molecule has 5 heteroatoms. The highest BCUT2D eigenvalue weighted by atomic mass is 32.2. The zero-order chi connectivity index (χ0) is 15.0. The summed E-state index contributed by atoms with van der Waals surface area (Å²) in [4.78, 5) is 0. The van der Waals surface area contributed by atoms with Gasteiger partial charge < -0.3 is 5.32 Å². The predicted octanol–water partition coefficient (Wildman–Crippen LogP) is 2.40. The average molecular weight is 298 g/mol. The van der Waals surface area contributed by atoms with Crippen LogP contribution in [0.15, 0.2) is 24.3 Å². The van der Waals surface area contributed by atoms with Crippen molar-refractivity contribution in [2.45, 2.75) is 52.0 Å². The number of sulfonamides is 1. The molecule has 0 amide bonds. The standard InChI is InChI=1S/C15H26N2O2S/c1-4-5-9-17-20(18,19)12-15-8-6-7-14(10-15)11-16-13(2)3/h6-8,10,13,16-17H,4-5,9,11-12H2,1-3H3. The summed E-state index contributed by atoms with van der Waals surface area (Å²) >= 11 is 0. The lowest BCUT2D eigenvalue weighted by Crippen LogP contribution is -2.26. The van der Waals surface area contributed by atoms with E-state index in [-0.39, 0.29) is 5.75 Å². The van der Waals surface area contributed by atoms with E-state index < -0.39 is 10.0 Å². The van der Waals surface area contributed by atoms with Crippen LogP contribution in [0.5, 0.6) is 0 Å². The van der Waals surface area contributed by atoms with E-state index in [1.165, 1.54) is 0 Å². The Morgan fingerprint density at radius 3 is 2.55 bits per heavy atom. The maximum atomic E-state index is 11.9. The van der Waals surface area contributed by atoms with Crippen LogP contribution >= 0.6 is 0 Å². The second kappa shape index (κ2) is 8.39. The molecule has 0 bridgehead atoms. The molecule has 114 valence electrons. The van der Waals surface area contributed by atoms with E-state index in [2.05, 4.69) is 23.9 Å². The highest BCUT2D eigenvalue weighted by molar-refractivity contribution is 7.88. The molecule has 0 aliphatic carbocycles. The molecule has 1 aromatic carbocycles. The summed E-state index contributed by atoms with van der Waals surface area (Å²) in [5.41, 5.74) is 1.94. The second-order valence-electron chi connectivity index (χ2n) is 5.36. The van der Waals surface area contributed by atoms with E-state index in [1.807, 2.05) is 31.2 Å². The second-order valence-corrected chi connectivity index (χ2v) is 7.17. The first-order valence-electron chi connectivity index (χ1n) is 7.21. The quantitative estimate of drug-likeness (QED) is 0.688. The Morgan fingerprint density at radius 1 is 1.20 bits per heavy atom. The highest BCUT2D eigenvalue weighted by Crippen LogP contribution is 2.09. The number of hydrogen-bond donors (Lipinski definition) is 2. The molecule has 2 N–H and O–H groups in total. The van der Waals surface area contributed by atoms with Gasteiger partial charge in [-0.05, 0) is 17.5 Å². The zero-order valence-corrected chi connectivity index (χ0v) is 13.5. The van der Waals surface area contributed by atoms with Crippen LogP contribution in [0.1, 0.15) is 44.7 Å². The molecule has 0 unspecified atom stereocenters. The fourth-order valence-corrected chi connectivity index (χ4v) is 3.00. The maximum Gasteiger partial charge on any atom is 0.215 e. The van der Waals surface area contributed by atoms with Gasteiger partial charge in [-0.15, -0.1) is 0 Å². The Morgan fingerprint density at radius 2 is 1.90 bits per heavy atom. The lowest BCUT2D eigenvalue weighted by molar-refractivity contribution is 0.577. The Bertz CT molecular complexity index is 498. The van der Waals surface area contributed by atoms with Crippen LogP contribution in [0.2, 0.25) is 0 Å². The van der Waals surface area contributed by atoms with Crippen LogP contribution in [0.25, 0.3) is 0 Å². The fourth-order valence-electron chi connectivity index (χ4n) is 1.83. The first kappa shape index (κ1) is 17.1. The minimum atomic E-state index is -3.23. The van der Waals surface area contributed by atoms with Crippen molar-refractivity contribution in [2.24, 2.45) is 0 Å². The van der Waals surface area contributed by atoms with Gasteiger partial charge >= 0.3 is 0 Å². The van der Waals surface area contributed by atoms with Crippen molar-refractivity contribution in [1.29, 1.82) is 0 Å². The van der Waals surface area contributed by atoms with E-state index in [4.69, 9.17) is 0 Å². The molecule has 0 aromatic heterocycles. The SMILES string of the molecule is CCCCNS(=O)(=O)Cc1cccc(CNC(C)C)c1. The third-order valence-electron chi connectivity index (χ3n) is 2.91. The predicted molar refractivity (Wildman–Crippen MR) is 84.0 cm³/mol. The number of unbranched alkanes of at least 4 members (excludes halogenated alkanes) is 1. The van der Waals surface area contributed by atoms with Crippen molar-refractivity contribution < 1.29 is 8.42 Å². The molecule has 1 aromatic rings. The van der Waals surface area contributed by atoms with Crippen LogP contribution in [0, 0.1) is 0 Å². The van der Waals surface area contributed by atoms with Crippen LogP contribution in [0.4, 0.5) is 0 Å². The van der Waals surface area contributed by atoms with Gasteiger partial charge in [0.25, 0.3) is 0 Å². The van der Waals surface area contributed by atoms with Gasteiger partial charge in [0, 0.05) is 19.1 Å². The van der Waals surface area contributed by atoms with Gasteiger partial charge in [-0.25, -0.2) is 13.1 Å². The van der Waals surface area contributed by atoms with Gasteiger partial charge in [-0.1, -0.05) is 51.5 Å². The number of nitrogens with one attached hydrogen (secondary N) is 2. The number of benzene rings is 1. The minimum Gasteiger partial charge on any atom is -0.310 e. The van der Waals surface area contributed by atoms with Crippen molar-refractivity contribution in [2.75, 3.05) is 6.54 Å². The van der Waals surface area contributed by atoms with E-state index in [9.17, 15) is 8.42 Å². The molecule has 0 atom stereocenters. The monoisotopic (exact) mass is 298 g/mol. The van der Waals surface area contributed by atoms with Crippen molar-refractivity contribution in [1.82, 2.24) is 10.0 Å². The van der Waals surface area contributed by atoms with Crippen LogP contribution in [0.3, 0.4) is 0 Å². The normalized spacial score (nSPS) is 12.0. The Balaban J connectivity index is 2.60. The van der Waals surface area contributed by atoms with Gasteiger partial charge in [0.05, 0.1) is 5.75 Å². The molecule has 0 heterocycles. The van der Waals surface area contributed by atoms with Crippen LogP contribution in [-0.2, 0) is 22.3 Å². The molecule has 0 aliphatic rings. The Hall–Kier alpha value is -0.910. The summed E-state index contributed by atoms with van der Waals surface area (Å²) in [5.74, 6) is 0.0479. The Kier molecular flexibility index (Phi) is 7.19. The average Bonchev–Trinajstić information content (AvgIpc) is 2.36. The van der Waals surface area contributed by atoms with E-state index >= 15 is 0 Å². The summed E-state index contributed by atoms with van der Waals surface area (Å²) in [6.07, 6.45) is 1.86. The van der Waals surface area contributed by atoms with E-state index in [0.717, 1.165) is 30.5 Å². The molecule has 4 nitrogen and oxygen atoms in total. The minimum absolute atomic E-state index is 0.0479. The third-order valence-corrected chi connectivity index (χ3v) is 4.27. The fraction of sp³-hybridized carbons (Fsp3) is 0.600. The molecule has 0 radical (unpaired) electrons. The first-order chi connectivity index (χ1) is 9.43. The summed E-state index contributed by atoms with van der Waals surface area (Å²) in [5, 5.41) is 3.33. The van der Waals surface area contributed by atoms with Crippen molar-refractivity contribution in [3.63, 3.8) is 0 Å². The van der Waals surface area contributed by atoms with Crippen molar-refractivity contribution >= 4 is 10.0 Å². The molecule has 0 spiro atoms. The lowest BCUT2D eigenvalue weighted by atomic mass is 10.1. The van der Waals surface area contributed by atoms with Gasteiger partial charge in [0.1, 0.15) is 0 Å². The molecule has 0 aliphatic heterocycles. The smallest absolute Gasteiger partial charge is 0.215 e. The lowest BCUT2D eigenvalue weighted by Gasteiger charge is -2.10. The van der Waals surface area contributed by atoms with Gasteiger partial charge in [-0.2, -0.15) is 0 Å². The van der Waals surface area contributed by atoms with Gasteiger partial charge in [0.2, 0.25) is 10.0 Å². The molecule has 0 saturated carbocycles. The number of hydrogen-bond acceptors (Lipinski definition) is 3. The third kappa shape index (κ3) is 7.03. The summed E-state index contributed by atoms with van der Waals surface area (Å²) in [6, 6.07) is 8.15. The molecule has 0 fully saturated rings.